The van der Waals surface area contributed by atoms with Crippen LogP contribution in [0.2, 0.25) is 0 Å². The Morgan fingerprint density at radius 2 is 1.36 bits per heavy atom. The smallest absolute Gasteiger partial charge is 0.160 e. The summed E-state index contributed by atoms with van der Waals surface area (Å²) >= 11 is 0. The molecular formula is C47H34N2O. The fraction of sp³-hybridized carbons (Fsp3) is 0.0638. The van der Waals surface area contributed by atoms with Gasteiger partial charge >= 0.3 is 0 Å². The zero-order valence-corrected chi connectivity index (χ0v) is 27.8. The second-order valence-electron chi connectivity index (χ2n) is 12.3. The van der Waals surface area contributed by atoms with E-state index in [1.54, 1.807) is 0 Å². The first-order chi connectivity index (χ1) is 24.7. The van der Waals surface area contributed by atoms with Gasteiger partial charge < -0.3 is 4.42 Å². The summed E-state index contributed by atoms with van der Waals surface area (Å²) in [7, 11) is 0. The van der Waals surface area contributed by atoms with Crippen LogP contribution in [0.3, 0.4) is 0 Å². The highest BCUT2D eigenvalue weighted by molar-refractivity contribution is 6.18. The Hall–Kier alpha value is -6.50. The molecule has 8 rings (SSSR count). The average Bonchev–Trinajstić information content (AvgIpc) is 3.55. The van der Waals surface area contributed by atoms with E-state index in [1.165, 1.54) is 0 Å². The fourth-order valence-electron chi connectivity index (χ4n) is 6.87. The van der Waals surface area contributed by atoms with E-state index in [0.29, 0.717) is 12.3 Å². The predicted octanol–water partition coefficient (Wildman–Crippen LogP) is 12.0. The quantitative estimate of drug-likeness (QED) is 0.166. The van der Waals surface area contributed by atoms with Crippen LogP contribution in [0.4, 0.5) is 0 Å². The molecule has 238 valence electrons. The highest BCUT2D eigenvalue weighted by Crippen LogP contribution is 2.37. The van der Waals surface area contributed by atoms with Crippen LogP contribution < -0.4 is 0 Å². The number of furan rings is 1. The minimum atomic E-state index is 0.633. The Balaban J connectivity index is 1.38. The third kappa shape index (κ3) is 5.78. The first kappa shape index (κ1) is 30.8. The topological polar surface area (TPSA) is 37.9 Å². The van der Waals surface area contributed by atoms with Crippen LogP contribution >= 0.6 is 0 Å². The van der Waals surface area contributed by atoms with Gasteiger partial charge in [-0.2, -0.15) is 0 Å². The number of para-hydroxylation sites is 2. The maximum absolute atomic E-state index is 6.48. The van der Waals surface area contributed by atoms with Crippen molar-refractivity contribution in [3.05, 3.63) is 179 Å². The number of terminal acetylenes is 1. The van der Waals surface area contributed by atoms with E-state index < -0.39 is 0 Å². The lowest BCUT2D eigenvalue weighted by molar-refractivity contribution is 0.667. The maximum Gasteiger partial charge on any atom is 0.160 e. The molecule has 3 nitrogen and oxygen atoms in total. The lowest BCUT2D eigenvalue weighted by atomic mass is 9.87. The van der Waals surface area contributed by atoms with Crippen LogP contribution in [-0.4, -0.2) is 11.5 Å². The van der Waals surface area contributed by atoms with Gasteiger partial charge in [0.1, 0.15) is 11.2 Å². The van der Waals surface area contributed by atoms with Crippen LogP contribution in [0.25, 0.3) is 56.0 Å². The van der Waals surface area contributed by atoms with Gasteiger partial charge in [-0.15, -0.1) is 6.42 Å². The molecule has 1 aliphatic heterocycles. The lowest BCUT2D eigenvalue weighted by Crippen LogP contribution is -2.13. The second-order valence-corrected chi connectivity index (χ2v) is 12.3. The molecule has 0 unspecified atom stereocenters. The molecule has 3 heteroatoms. The Morgan fingerprint density at radius 3 is 2.16 bits per heavy atom. The Labute approximate surface area is 292 Å². The molecule has 6 aromatic carbocycles. The van der Waals surface area contributed by atoms with E-state index in [1.807, 2.05) is 49.4 Å². The molecule has 0 radical (unpaired) electrons. The van der Waals surface area contributed by atoms with Gasteiger partial charge in [-0.05, 0) is 71.8 Å². The Bertz CT molecular complexity index is 2540. The monoisotopic (exact) mass is 642 g/mol. The molecule has 0 saturated heterocycles. The molecule has 0 aliphatic carbocycles. The van der Waals surface area contributed by atoms with Crippen molar-refractivity contribution in [1.29, 1.82) is 0 Å². The Morgan fingerprint density at radius 1 is 0.660 bits per heavy atom. The number of allylic oxidation sites excluding steroid dienone is 2. The normalized spacial score (nSPS) is 14.4. The van der Waals surface area contributed by atoms with Crippen molar-refractivity contribution in [3.8, 4) is 34.6 Å². The first-order valence-corrected chi connectivity index (χ1v) is 17.0. The highest BCUT2D eigenvalue weighted by Gasteiger charge is 2.22. The summed E-state index contributed by atoms with van der Waals surface area (Å²) in [5.74, 6) is 3.57. The highest BCUT2D eigenvalue weighted by atomic mass is 16.3. The number of hydrogen-bond donors (Lipinski definition) is 0. The summed E-state index contributed by atoms with van der Waals surface area (Å²) < 4.78 is 6.48. The zero-order valence-electron chi connectivity index (χ0n) is 27.8. The van der Waals surface area contributed by atoms with Crippen molar-refractivity contribution in [2.75, 3.05) is 0 Å². The number of rotatable bonds is 6. The van der Waals surface area contributed by atoms with Crippen molar-refractivity contribution in [2.24, 2.45) is 9.98 Å². The van der Waals surface area contributed by atoms with Crippen molar-refractivity contribution >= 4 is 45.3 Å². The molecule has 7 aromatic rings. The summed E-state index contributed by atoms with van der Waals surface area (Å²) in [5, 5.41) is 2.16. The molecule has 50 heavy (non-hydrogen) atoms. The van der Waals surface area contributed by atoms with Crippen LogP contribution in [0.1, 0.15) is 47.6 Å². The molecular weight excluding hydrogens is 609 g/mol. The van der Waals surface area contributed by atoms with Gasteiger partial charge in [0.15, 0.2) is 5.84 Å². The van der Waals surface area contributed by atoms with E-state index in [0.717, 1.165) is 89.8 Å². The third-order valence-corrected chi connectivity index (χ3v) is 9.20. The molecule has 0 bridgehead atoms. The molecule has 0 fully saturated rings. The fourth-order valence-corrected chi connectivity index (χ4v) is 6.87. The second kappa shape index (κ2) is 13.5. The molecule has 0 atom stereocenters. The van der Waals surface area contributed by atoms with E-state index in [2.05, 4.69) is 121 Å². The Kier molecular flexibility index (Phi) is 8.35. The lowest BCUT2D eigenvalue weighted by Gasteiger charge is -2.19. The van der Waals surface area contributed by atoms with Gasteiger partial charge in [-0.25, -0.2) is 9.98 Å². The van der Waals surface area contributed by atoms with Gasteiger partial charge in [0.05, 0.1) is 11.4 Å². The minimum Gasteiger partial charge on any atom is -0.455 e. The predicted molar refractivity (Wildman–Crippen MR) is 210 cm³/mol. The van der Waals surface area contributed by atoms with Gasteiger partial charge in [-0.3, -0.25) is 0 Å². The number of aliphatic imine (C=N–C) groups is 2. The van der Waals surface area contributed by atoms with Crippen LogP contribution in [0.5, 0.6) is 0 Å². The number of amidine groups is 1. The molecule has 0 spiro atoms. The van der Waals surface area contributed by atoms with Crippen molar-refractivity contribution < 1.29 is 4.42 Å². The van der Waals surface area contributed by atoms with E-state index in [-0.39, 0.29) is 0 Å². The van der Waals surface area contributed by atoms with Crippen LogP contribution in [0.15, 0.2) is 166 Å². The number of nitrogens with zero attached hydrogens (tertiary/aromatic N) is 2. The number of benzene rings is 6. The van der Waals surface area contributed by atoms with E-state index >= 15 is 0 Å². The van der Waals surface area contributed by atoms with Gasteiger partial charge in [0.2, 0.25) is 0 Å². The van der Waals surface area contributed by atoms with Crippen molar-refractivity contribution in [1.82, 2.24) is 0 Å². The number of fused-ring (bicyclic) bond motifs is 3. The standard InChI is InChI=1S/C47H34N2O/c1-3-16-37-32(4-2)29-30-38(34-19-9-6-10-20-34)45(37)43-27-15-26-42(41-25-14-24-40-39-23-11-12-28-44(39)50-46(40)41)48-47(49-43)36-22-13-21-35(31-36)33-17-7-5-8-18-33/h2-3,5-14,16-26,28-31H,15,27H2,1H3/b16-3-,42-26-,48-47?,49-43?. The largest absolute Gasteiger partial charge is 0.455 e. The molecule has 0 saturated carbocycles. The average molecular weight is 643 g/mol. The van der Waals surface area contributed by atoms with Crippen molar-refractivity contribution in [2.45, 2.75) is 19.8 Å². The van der Waals surface area contributed by atoms with Crippen LogP contribution in [-0.2, 0) is 0 Å². The summed E-state index contributed by atoms with van der Waals surface area (Å²) in [6.45, 7) is 2.02. The number of hydrogen-bond acceptors (Lipinski definition) is 3. The van der Waals surface area contributed by atoms with E-state index in [4.69, 9.17) is 20.8 Å². The van der Waals surface area contributed by atoms with Crippen molar-refractivity contribution in [3.63, 3.8) is 0 Å². The third-order valence-electron chi connectivity index (χ3n) is 9.20. The first-order valence-electron chi connectivity index (χ1n) is 17.0. The molecule has 1 aromatic heterocycles. The minimum absolute atomic E-state index is 0.633. The van der Waals surface area contributed by atoms with Gasteiger partial charge in [-0.1, -0.05) is 139 Å². The molecule has 0 N–H and O–H groups in total. The molecule has 0 amide bonds. The van der Waals surface area contributed by atoms with Crippen LogP contribution in [0, 0.1) is 12.3 Å². The summed E-state index contributed by atoms with van der Waals surface area (Å²) in [6, 6.07) is 48.0. The summed E-state index contributed by atoms with van der Waals surface area (Å²) in [4.78, 5) is 10.9. The summed E-state index contributed by atoms with van der Waals surface area (Å²) in [5.41, 5.74) is 12.6. The van der Waals surface area contributed by atoms with Gasteiger partial charge in [0, 0.05) is 33.0 Å². The summed E-state index contributed by atoms with van der Waals surface area (Å²) in [6.07, 6.45) is 13.9. The maximum atomic E-state index is 6.48. The SMILES string of the molecule is C#Cc1ccc(-c2ccccc2)c(C2=NC(c3cccc(-c4ccccc4)c3)=N/C(c3cccc4c3oc3ccccc34)=C\CC2)c1/C=C\C. The van der Waals surface area contributed by atoms with Gasteiger partial charge in [0.25, 0.3) is 0 Å². The zero-order chi connectivity index (χ0) is 33.9. The van der Waals surface area contributed by atoms with E-state index in [9.17, 15) is 0 Å². The molecule has 1 aliphatic rings. The molecule has 2 heterocycles.